The van der Waals surface area contributed by atoms with Crippen molar-refractivity contribution in [3.05, 3.63) is 0 Å². The molecule has 0 atom stereocenters. The van der Waals surface area contributed by atoms with Crippen molar-refractivity contribution >= 4 is 8.80 Å². The Bertz CT molecular complexity index is 24.8. The van der Waals surface area contributed by atoms with Crippen LogP contribution in [0.2, 0.25) is 13.1 Å². The molecule has 0 fully saturated rings. The van der Waals surface area contributed by atoms with Crippen LogP contribution in [0.5, 0.6) is 0 Å². The van der Waals surface area contributed by atoms with Crippen molar-refractivity contribution in [3.63, 3.8) is 0 Å². The van der Waals surface area contributed by atoms with Gasteiger partial charge >= 0.3 is 0 Å². The Kier molecular flexibility index (Phi) is 10.8. The molecule has 0 bridgehead atoms. The van der Waals surface area contributed by atoms with Gasteiger partial charge < -0.3 is 5.73 Å². The summed E-state index contributed by atoms with van der Waals surface area (Å²) in [7, 11) is -0.0962. The Balaban J connectivity index is 0. The van der Waals surface area contributed by atoms with Crippen molar-refractivity contribution in [2.75, 3.05) is 6.17 Å². The molecule has 0 spiro atoms. The molecule has 0 aliphatic rings. The average Bonchev–Trinajstić information content (AvgIpc) is 1.38. The maximum absolute atomic E-state index is 5.22. The second kappa shape index (κ2) is 6.28. The van der Waals surface area contributed by atoms with Crippen LogP contribution in [-0.2, 0) is 32.7 Å². The third-order valence-corrected chi connectivity index (χ3v) is 1.22. The summed E-state index contributed by atoms with van der Waals surface area (Å²) < 4.78 is 0. The minimum Gasteiger partial charge on any atom is -0.333 e. The van der Waals surface area contributed by atoms with Crippen LogP contribution in [0.4, 0.5) is 0 Å². The summed E-state index contributed by atoms with van der Waals surface area (Å²) in [6.45, 7) is 4.40. The zero-order valence-electron chi connectivity index (χ0n) is 4.36. The minimum atomic E-state index is -0.0962. The van der Waals surface area contributed by atoms with E-state index in [1.165, 1.54) is 0 Å². The van der Waals surface area contributed by atoms with Crippen molar-refractivity contribution in [3.8, 4) is 0 Å². The van der Waals surface area contributed by atoms with Gasteiger partial charge in [0, 0.05) is 32.7 Å². The molecular formula is C3H10NSiY. The predicted octanol–water partition coefficient (Wildman–Crippen LogP) is 0.236. The molecule has 3 heteroatoms. The van der Waals surface area contributed by atoms with E-state index in [1.54, 1.807) is 0 Å². The van der Waals surface area contributed by atoms with Crippen molar-refractivity contribution < 1.29 is 32.7 Å². The van der Waals surface area contributed by atoms with E-state index in [4.69, 9.17) is 5.73 Å². The smallest absolute Gasteiger partial charge is 0.0577 e. The van der Waals surface area contributed by atoms with E-state index in [9.17, 15) is 0 Å². The molecule has 0 heterocycles. The zero-order valence-corrected chi connectivity index (χ0v) is 8.20. The molecule has 0 aromatic rings. The largest absolute Gasteiger partial charge is 0.333 e. The summed E-state index contributed by atoms with van der Waals surface area (Å²) in [5.74, 6) is 0. The average molecular weight is 177 g/mol. The van der Waals surface area contributed by atoms with Gasteiger partial charge in [0.05, 0.1) is 8.80 Å². The normalized spacial score (nSPS) is 8.00. The van der Waals surface area contributed by atoms with Gasteiger partial charge in [0.1, 0.15) is 0 Å². The monoisotopic (exact) mass is 177 g/mol. The summed E-state index contributed by atoms with van der Waals surface area (Å²) in [5, 5.41) is 0. The minimum absolute atomic E-state index is 0. The van der Waals surface area contributed by atoms with Crippen LogP contribution in [0, 0.1) is 0 Å². The Morgan fingerprint density at radius 2 is 1.67 bits per heavy atom. The van der Waals surface area contributed by atoms with Gasteiger partial charge in [-0.05, 0) is 6.17 Å². The van der Waals surface area contributed by atoms with Crippen molar-refractivity contribution in [1.29, 1.82) is 0 Å². The van der Waals surface area contributed by atoms with Crippen LogP contribution in [0.25, 0.3) is 0 Å². The van der Waals surface area contributed by atoms with Crippen LogP contribution in [0.1, 0.15) is 0 Å². The molecule has 0 saturated carbocycles. The molecule has 1 nitrogen and oxygen atoms in total. The van der Waals surface area contributed by atoms with Crippen LogP contribution in [0.15, 0.2) is 0 Å². The fraction of sp³-hybridized carbons (Fsp3) is 1.00. The van der Waals surface area contributed by atoms with E-state index in [1.807, 2.05) is 0 Å². The van der Waals surface area contributed by atoms with Crippen LogP contribution >= 0.6 is 0 Å². The van der Waals surface area contributed by atoms with E-state index in [0.717, 1.165) is 6.17 Å². The van der Waals surface area contributed by atoms with Crippen molar-refractivity contribution in [1.82, 2.24) is 0 Å². The fourth-order valence-electron chi connectivity index (χ4n) is 0. The zero-order chi connectivity index (χ0) is 4.28. The van der Waals surface area contributed by atoms with Crippen LogP contribution < -0.4 is 5.73 Å². The van der Waals surface area contributed by atoms with E-state index in [-0.39, 0.29) is 41.5 Å². The quantitative estimate of drug-likeness (QED) is 0.570. The molecule has 0 aliphatic heterocycles. The first kappa shape index (κ1) is 10.3. The first-order valence-electron chi connectivity index (χ1n) is 1.76. The van der Waals surface area contributed by atoms with Gasteiger partial charge in [-0.25, -0.2) is 0 Å². The van der Waals surface area contributed by atoms with E-state index < -0.39 is 0 Å². The number of hydrogen-bond acceptors (Lipinski definition) is 1. The summed E-state index contributed by atoms with van der Waals surface area (Å²) in [5.41, 5.74) is 5.22. The third-order valence-electron chi connectivity index (χ3n) is 0.408. The Morgan fingerprint density at radius 1 is 1.50 bits per heavy atom. The molecule has 34 valence electrons. The number of hydrogen-bond donors (Lipinski definition) is 1. The van der Waals surface area contributed by atoms with Crippen molar-refractivity contribution in [2.24, 2.45) is 5.73 Å². The molecule has 0 aromatic carbocycles. The van der Waals surface area contributed by atoms with Gasteiger partial charge in [0.15, 0.2) is 0 Å². The Labute approximate surface area is 66.2 Å². The van der Waals surface area contributed by atoms with Gasteiger partial charge in [-0.1, -0.05) is 13.1 Å². The summed E-state index contributed by atoms with van der Waals surface area (Å²) in [6.07, 6.45) is 0.907. The van der Waals surface area contributed by atoms with Crippen molar-refractivity contribution in [2.45, 2.75) is 13.1 Å². The van der Waals surface area contributed by atoms with Crippen LogP contribution in [-0.4, -0.2) is 15.0 Å². The summed E-state index contributed by atoms with van der Waals surface area (Å²) >= 11 is 0. The standard InChI is InChI=1S/C3H10NSi.Y/c1-5(2)3-4;/h3-4H2,1-2H3;. The second-order valence-corrected chi connectivity index (χ2v) is 4.23. The summed E-state index contributed by atoms with van der Waals surface area (Å²) in [4.78, 5) is 0. The van der Waals surface area contributed by atoms with Crippen LogP contribution in [0.3, 0.4) is 0 Å². The fourth-order valence-corrected chi connectivity index (χ4v) is 0. The van der Waals surface area contributed by atoms with E-state index in [0.29, 0.717) is 0 Å². The molecule has 6 heavy (non-hydrogen) atoms. The van der Waals surface area contributed by atoms with E-state index in [2.05, 4.69) is 13.1 Å². The maximum Gasteiger partial charge on any atom is 0.0577 e. The third kappa shape index (κ3) is 8.99. The molecule has 0 aromatic heterocycles. The molecule has 2 N–H and O–H groups in total. The van der Waals surface area contributed by atoms with Gasteiger partial charge in [-0.3, -0.25) is 0 Å². The van der Waals surface area contributed by atoms with Gasteiger partial charge in [0.25, 0.3) is 0 Å². The van der Waals surface area contributed by atoms with Gasteiger partial charge in [-0.15, -0.1) is 0 Å². The molecule has 0 saturated heterocycles. The SMILES string of the molecule is C[Si](C)CN.[Y]. The number of nitrogens with two attached hydrogens (primary N) is 1. The Hall–Kier alpha value is 1.28. The maximum atomic E-state index is 5.22. The Morgan fingerprint density at radius 3 is 1.67 bits per heavy atom. The topological polar surface area (TPSA) is 26.0 Å². The first-order valence-corrected chi connectivity index (χ1v) is 4.47. The molecule has 2 radical (unpaired) electrons. The van der Waals surface area contributed by atoms with Gasteiger partial charge in [-0.2, -0.15) is 0 Å². The number of rotatable bonds is 1. The predicted molar refractivity (Wildman–Crippen MR) is 26.5 cm³/mol. The van der Waals surface area contributed by atoms with Gasteiger partial charge in [0.2, 0.25) is 0 Å². The molecular weight excluding hydrogens is 167 g/mol. The molecule has 0 unspecified atom stereocenters. The first-order chi connectivity index (χ1) is 2.27. The molecule has 0 amide bonds. The second-order valence-electron chi connectivity index (χ2n) is 1.41. The molecule has 0 aliphatic carbocycles. The van der Waals surface area contributed by atoms with E-state index >= 15 is 0 Å². The summed E-state index contributed by atoms with van der Waals surface area (Å²) in [6, 6.07) is 0. The molecule has 0 rings (SSSR count).